The molecule has 104 valence electrons. The van der Waals surface area contributed by atoms with Gasteiger partial charge in [0.1, 0.15) is 5.75 Å². The summed E-state index contributed by atoms with van der Waals surface area (Å²) in [4.78, 5) is 12.3. The van der Waals surface area contributed by atoms with Crippen LogP contribution in [0.15, 0.2) is 24.3 Å². The molecule has 1 aromatic rings. The van der Waals surface area contributed by atoms with Crippen LogP contribution >= 0.6 is 11.6 Å². The van der Waals surface area contributed by atoms with E-state index in [1.165, 1.54) is 0 Å². The first-order valence-corrected chi connectivity index (χ1v) is 7.38. The molecular formula is C15H20ClNO2. The second kappa shape index (κ2) is 6.80. The number of ether oxygens (including phenoxy) is 1. The van der Waals surface area contributed by atoms with E-state index in [1.807, 2.05) is 25.1 Å². The van der Waals surface area contributed by atoms with E-state index in [0.29, 0.717) is 29.7 Å². The number of nitrogens with one attached hydrogen (secondary N) is 1. The molecule has 0 radical (unpaired) electrons. The van der Waals surface area contributed by atoms with E-state index < -0.39 is 0 Å². The van der Waals surface area contributed by atoms with Gasteiger partial charge in [-0.1, -0.05) is 18.6 Å². The molecular weight excluding hydrogens is 262 g/mol. The summed E-state index contributed by atoms with van der Waals surface area (Å²) in [6.07, 6.45) is 3.25. The summed E-state index contributed by atoms with van der Waals surface area (Å²) in [6, 6.07) is 7.54. The van der Waals surface area contributed by atoms with Crippen LogP contribution in [0.2, 0.25) is 0 Å². The van der Waals surface area contributed by atoms with E-state index in [4.69, 9.17) is 16.3 Å². The summed E-state index contributed by atoms with van der Waals surface area (Å²) in [7, 11) is 0. The van der Waals surface area contributed by atoms with Crippen LogP contribution in [0, 0.1) is 5.92 Å². The van der Waals surface area contributed by atoms with Crippen molar-refractivity contribution < 1.29 is 9.53 Å². The Balaban J connectivity index is 2.07. The van der Waals surface area contributed by atoms with Crippen LogP contribution < -0.4 is 10.1 Å². The fraction of sp³-hybridized carbons (Fsp3) is 0.533. The van der Waals surface area contributed by atoms with Gasteiger partial charge in [-0.15, -0.1) is 11.6 Å². The Kier molecular flexibility index (Phi) is 5.08. The first-order chi connectivity index (χ1) is 9.26. The van der Waals surface area contributed by atoms with Gasteiger partial charge in [-0.3, -0.25) is 4.79 Å². The Bertz CT molecular complexity index is 436. The van der Waals surface area contributed by atoms with Gasteiger partial charge in [0.15, 0.2) is 0 Å². The lowest BCUT2D eigenvalue weighted by molar-refractivity contribution is 0.0926. The summed E-state index contributed by atoms with van der Waals surface area (Å²) in [6.45, 7) is 2.47. The number of hydrogen-bond acceptors (Lipinski definition) is 2. The maximum absolute atomic E-state index is 12.3. The number of benzene rings is 1. The molecule has 0 heterocycles. The normalized spacial score (nSPS) is 22.2. The number of halogens is 1. The van der Waals surface area contributed by atoms with Crippen molar-refractivity contribution in [1.82, 2.24) is 5.32 Å². The highest BCUT2D eigenvalue weighted by Gasteiger charge is 2.28. The van der Waals surface area contributed by atoms with Gasteiger partial charge in [0.25, 0.3) is 5.91 Å². The summed E-state index contributed by atoms with van der Waals surface area (Å²) in [5.41, 5.74) is 0.601. The Labute approximate surface area is 119 Å². The number of rotatable bonds is 5. The monoisotopic (exact) mass is 281 g/mol. The van der Waals surface area contributed by atoms with Gasteiger partial charge in [0, 0.05) is 11.9 Å². The van der Waals surface area contributed by atoms with E-state index in [0.717, 1.165) is 19.3 Å². The third kappa shape index (κ3) is 3.41. The fourth-order valence-electron chi connectivity index (χ4n) is 2.59. The molecule has 1 N–H and O–H groups in total. The third-order valence-corrected chi connectivity index (χ3v) is 4.00. The average Bonchev–Trinajstić information content (AvgIpc) is 2.87. The Morgan fingerprint density at radius 2 is 2.21 bits per heavy atom. The molecule has 0 aromatic heterocycles. The molecule has 0 spiro atoms. The molecule has 3 nitrogen and oxygen atoms in total. The lowest BCUT2D eigenvalue weighted by Gasteiger charge is -2.19. The fourth-order valence-corrected chi connectivity index (χ4v) is 2.96. The smallest absolute Gasteiger partial charge is 0.255 e. The van der Waals surface area contributed by atoms with Gasteiger partial charge in [-0.25, -0.2) is 0 Å². The van der Waals surface area contributed by atoms with Crippen molar-refractivity contribution in [2.45, 2.75) is 32.2 Å². The molecule has 4 heteroatoms. The number of amides is 1. The van der Waals surface area contributed by atoms with Crippen LogP contribution in [-0.2, 0) is 0 Å². The van der Waals surface area contributed by atoms with Crippen molar-refractivity contribution in [3.63, 3.8) is 0 Å². The van der Waals surface area contributed by atoms with E-state index in [1.54, 1.807) is 6.07 Å². The lowest BCUT2D eigenvalue weighted by atomic mass is 10.1. The number of carbonyl (C=O) groups excluding carboxylic acids is 1. The van der Waals surface area contributed by atoms with E-state index in [9.17, 15) is 4.79 Å². The molecule has 1 amide bonds. The van der Waals surface area contributed by atoms with Gasteiger partial charge in [-0.2, -0.15) is 0 Å². The molecule has 2 unspecified atom stereocenters. The molecule has 1 aliphatic carbocycles. The first kappa shape index (κ1) is 14.2. The molecule has 1 aromatic carbocycles. The molecule has 1 saturated carbocycles. The molecule has 19 heavy (non-hydrogen) atoms. The topological polar surface area (TPSA) is 38.3 Å². The maximum Gasteiger partial charge on any atom is 0.255 e. The average molecular weight is 282 g/mol. The van der Waals surface area contributed by atoms with Crippen LogP contribution in [0.25, 0.3) is 0 Å². The van der Waals surface area contributed by atoms with E-state index in [-0.39, 0.29) is 11.9 Å². The molecule has 0 bridgehead atoms. The lowest BCUT2D eigenvalue weighted by Crippen LogP contribution is -2.38. The predicted molar refractivity (Wildman–Crippen MR) is 76.9 cm³/mol. The third-order valence-electron chi connectivity index (χ3n) is 3.61. The number of carbonyl (C=O) groups is 1. The standard InChI is InChI=1S/C15H20ClNO2/c1-2-19-14-9-4-3-7-12(14)15(18)17-13-8-5-6-11(13)10-16/h3-4,7,9,11,13H,2,5-6,8,10H2,1H3,(H,17,18). The number of alkyl halides is 1. The zero-order valence-corrected chi connectivity index (χ0v) is 12.0. The molecule has 1 aliphatic rings. The predicted octanol–water partition coefficient (Wildman–Crippen LogP) is 3.22. The minimum absolute atomic E-state index is 0.0638. The molecule has 2 atom stereocenters. The van der Waals surface area contributed by atoms with E-state index >= 15 is 0 Å². The van der Waals surface area contributed by atoms with Gasteiger partial charge in [0.2, 0.25) is 0 Å². The van der Waals surface area contributed by atoms with Crippen molar-refractivity contribution in [2.24, 2.45) is 5.92 Å². The van der Waals surface area contributed by atoms with Crippen molar-refractivity contribution >= 4 is 17.5 Å². The van der Waals surface area contributed by atoms with Crippen LogP contribution in [0.4, 0.5) is 0 Å². The van der Waals surface area contributed by atoms with Gasteiger partial charge in [0.05, 0.1) is 12.2 Å². The summed E-state index contributed by atoms with van der Waals surface area (Å²) >= 11 is 5.94. The van der Waals surface area contributed by atoms with Gasteiger partial charge in [-0.05, 0) is 37.8 Å². The van der Waals surface area contributed by atoms with Crippen LogP contribution in [-0.4, -0.2) is 24.4 Å². The Hall–Kier alpha value is -1.22. The quantitative estimate of drug-likeness (QED) is 0.842. The van der Waals surface area contributed by atoms with Crippen LogP contribution in [0.1, 0.15) is 36.5 Å². The van der Waals surface area contributed by atoms with Gasteiger partial charge < -0.3 is 10.1 Å². The van der Waals surface area contributed by atoms with Crippen LogP contribution in [0.5, 0.6) is 5.75 Å². The minimum atomic E-state index is -0.0638. The maximum atomic E-state index is 12.3. The molecule has 0 aliphatic heterocycles. The molecule has 1 fully saturated rings. The molecule has 0 saturated heterocycles. The van der Waals surface area contributed by atoms with Crippen LogP contribution in [0.3, 0.4) is 0 Å². The Morgan fingerprint density at radius 3 is 2.95 bits per heavy atom. The summed E-state index contributed by atoms with van der Waals surface area (Å²) in [5.74, 6) is 1.58. The minimum Gasteiger partial charge on any atom is -0.493 e. The zero-order valence-electron chi connectivity index (χ0n) is 11.2. The highest BCUT2D eigenvalue weighted by Crippen LogP contribution is 2.27. The second-order valence-electron chi connectivity index (χ2n) is 4.85. The van der Waals surface area contributed by atoms with Gasteiger partial charge >= 0.3 is 0 Å². The highest BCUT2D eigenvalue weighted by atomic mass is 35.5. The summed E-state index contributed by atoms with van der Waals surface area (Å²) in [5, 5.41) is 3.09. The van der Waals surface area contributed by atoms with Crippen molar-refractivity contribution in [2.75, 3.05) is 12.5 Å². The first-order valence-electron chi connectivity index (χ1n) is 6.85. The van der Waals surface area contributed by atoms with Crippen molar-refractivity contribution in [1.29, 1.82) is 0 Å². The number of hydrogen-bond donors (Lipinski definition) is 1. The summed E-state index contributed by atoms with van der Waals surface area (Å²) < 4.78 is 5.49. The van der Waals surface area contributed by atoms with Crippen molar-refractivity contribution in [3.8, 4) is 5.75 Å². The highest BCUT2D eigenvalue weighted by molar-refractivity contribution is 6.18. The second-order valence-corrected chi connectivity index (χ2v) is 5.16. The Morgan fingerprint density at radius 1 is 1.42 bits per heavy atom. The van der Waals surface area contributed by atoms with E-state index in [2.05, 4.69) is 5.32 Å². The SMILES string of the molecule is CCOc1ccccc1C(=O)NC1CCCC1CCl. The zero-order chi connectivity index (χ0) is 13.7. The number of para-hydroxylation sites is 1. The largest absolute Gasteiger partial charge is 0.493 e. The van der Waals surface area contributed by atoms with Crippen molar-refractivity contribution in [3.05, 3.63) is 29.8 Å². The molecule has 2 rings (SSSR count).